The summed E-state index contributed by atoms with van der Waals surface area (Å²) in [6.45, 7) is 0. The van der Waals surface area contributed by atoms with E-state index < -0.39 is 5.91 Å². The Balaban J connectivity index is 1.96. The van der Waals surface area contributed by atoms with Gasteiger partial charge in [0.2, 0.25) is 5.91 Å². The number of carbonyl (C=O) groups excluding carboxylic acids is 1. The second-order valence-corrected chi connectivity index (χ2v) is 4.96. The van der Waals surface area contributed by atoms with Gasteiger partial charge >= 0.3 is 0 Å². The molecule has 102 valence electrons. The molecule has 4 rings (SSSR count). The molecule has 5 heteroatoms. The summed E-state index contributed by atoms with van der Waals surface area (Å²) < 4.78 is 0. The molecule has 2 aromatic carbocycles. The Labute approximate surface area is 119 Å². The quantitative estimate of drug-likeness (QED) is 0.525. The molecular weight excluding hydrogens is 264 g/mol. The minimum absolute atomic E-state index is 0.416. The fourth-order valence-corrected chi connectivity index (χ4v) is 2.69. The summed E-state index contributed by atoms with van der Waals surface area (Å²) in [5, 5.41) is 10.2. The van der Waals surface area contributed by atoms with Gasteiger partial charge in [0, 0.05) is 28.9 Å². The van der Waals surface area contributed by atoms with Gasteiger partial charge in [-0.2, -0.15) is 5.10 Å². The van der Waals surface area contributed by atoms with Crippen LogP contribution in [0.25, 0.3) is 32.9 Å². The Bertz CT molecular complexity index is 980. The molecule has 2 heterocycles. The number of hydrogen-bond acceptors (Lipinski definition) is 2. The SMILES string of the molecule is NC(=O)c1cccc2cc(-c3n[nH]c4c[nH]cc34)ccc12. The van der Waals surface area contributed by atoms with Crippen LogP contribution in [0.5, 0.6) is 0 Å². The number of nitrogens with two attached hydrogens (primary N) is 1. The van der Waals surface area contributed by atoms with Crippen molar-refractivity contribution < 1.29 is 4.79 Å². The lowest BCUT2D eigenvalue weighted by atomic mass is 10.00. The van der Waals surface area contributed by atoms with E-state index in [1.165, 1.54) is 0 Å². The lowest BCUT2D eigenvalue weighted by molar-refractivity contribution is 0.100. The molecule has 5 nitrogen and oxygen atoms in total. The third-order valence-corrected chi connectivity index (χ3v) is 3.71. The summed E-state index contributed by atoms with van der Waals surface area (Å²) in [5.41, 5.74) is 8.80. The molecular formula is C16H12N4O. The van der Waals surface area contributed by atoms with Crippen LogP contribution in [0.2, 0.25) is 0 Å². The third kappa shape index (κ3) is 1.71. The summed E-state index contributed by atoms with van der Waals surface area (Å²) in [7, 11) is 0. The Hall–Kier alpha value is -3.08. The fraction of sp³-hybridized carbons (Fsp3) is 0. The maximum absolute atomic E-state index is 11.5. The number of fused-ring (bicyclic) bond motifs is 2. The topological polar surface area (TPSA) is 87.6 Å². The highest BCUT2D eigenvalue weighted by molar-refractivity contribution is 6.07. The summed E-state index contributed by atoms with van der Waals surface area (Å²) in [6, 6.07) is 11.4. The molecule has 4 N–H and O–H groups in total. The van der Waals surface area contributed by atoms with Crippen LogP contribution in [0, 0.1) is 0 Å². The maximum atomic E-state index is 11.5. The van der Waals surface area contributed by atoms with Gasteiger partial charge in [0.25, 0.3) is 0 Å². The van der Waals surface area contributed by atoms with Crippen LogP contribution in [0.15, 0.2) is 48.8 Å². The summed E-state index contributed by atoms with van der Waals surface area (Å²) >= 11 is 0. The minimum Gasteiger partial charge on any atom is -0.366 e. The van der Waals surface area contributed by atoms with Gasteiger partial charge in [-0.25, -0.2) is 0 Å². The van der Waals surface area contributed by atoms with Crippen LogP contribution >= 0.6 is 0 Å². The number of nitrogens with zero attached hydrogens (tertiary/aromatic N) is 1. The van der Waals surface area contributed by atoms with Crippen molar-refractivity contribution >= 4 is 27.6 Å². The monoisotopic (exact) mass is 276 g/mol. The maximum Gasteiger partial charge on any atom is 0.249 e. The molecule has 0 radical (unpaired) electrons. The molecule has 4 aromatic rings. The number of rotatable bonds is 2. The normalized spacial score (nSPS) is 11.2. The zero-order valence-electron chi connectivity index (χ0n) is 11.1. The number of aromatic amines is 2. The van der Waals surface area contributed by atoms with Gasteiger partial charge < -0.3 is 10.7 Å². The molecule has 21 heavy (non-hydrogen) atoms. The minimum atomic E-state index is -0.416. The zero-order chi connectivity index (χ0) is 14.4. The molecule has 2 aromatic heterocycles. The van der Waals surface area contributed by atoms with Crippen LogP contribution in [-0.4, -0.2) is 21.1 Å². The average molecular weight is 276 g/mol. The summed E-state index contributed by atoms with van der Waals surface area (Å²) in [4.78, 5) is 14.5. The number of aromatic nitrogens is 3. The van der Waals surface area contributed by atoms with Crippen molar-refractivity contribution in [3.05, 3.63) is 54.4 Å². The second-order valence-electron chi connectivity index (χ2n) is 4.96. The first-order valence-electron chi connectivity index (χ1n) is 6.58. The number of hydrogen-bond donors (Lipinski definition) is 3. The molecule has 0 aliphatic heterocycles. The molecule has 1 amide bonds. The van der Waals surface area contributed by atoms with Crippen LogP contribution < -0.4 is 5.73 Å². The molecule has 0 saturated heterocycles. The fourth-order valence-electron chi connectivity index (χ4n) is 2.69. The number of carbonyl (C=O) groups is 1. The van der Waals surface area contributed by atoms with Crippen molar-refractivity contribution in [2.24, 2.45) is 5.73 Å². The van der Waals surface area contributed by atoms with E-state index in [1.54, 1.807) is 6.07 Å². The highest BCUT2D eigenvalue weighted by Crippen LogP contribution is 2.29. The van der Waals surface area contributed by atoms with Crippen molar-refractivity contribution in [1.29, 1.82) is 0 Å². The average Bonchev–Trinajstić information content (AvgIpc) is 3.08. The smallest absolute Gasteiger partial charge is 0.249 e. The van der Waals surface area contributed by atoms with Crippen molar-refractivity contribution in [2.75, 3.05) is 0 Å². The van der Waals surface area contributed by atoms with E-state index >= 15 is 0 Å². The largest absolute Gasteiger partial charge is 0.366 e. The Morgan fingerprint density at radius 2 is 2.00 bits per heavy atom. The van der Waals surface area contributed by atoms with Gasteiger partial charge in [0.05, 0.1) is 5.52 Å². The van der Waals surface area contributed by atoms with Crippen LogP contribution in [-0.2, 0) is 0 Å². The van der Waals surface area contributed by atoms with Crippen molar-refractivity contribution in [3.8, 4) is 11.3 Å². The van der Waals surface area contributed by atoms with Crippen LogP contribution in [0.3, 0.4) is 0 Å². The number of amides is 1. The second kappa shape index (κ2) is 4.21. The van der Waals surface area contributed by atoms with Crippen molar-refractivity contribution in [2.45, 2.75) is 0 Å². The van der Waals surface area contributed by atoms with Gasteiger partial charge in [-0.1, -0.05) is 24.3 Å². The van der Waals surface area contributed by atoms with Crippen LogP contribution in [0.4, 0.5) is 0 Å². The van der Waals surface area contributed by atoms with Crippen molar-refractivity contribution in [3.63, 3.8) is 0 Å². The molecule has 0 unspecified atom stereocenters. The predicted molar refractivity (Wildman–Crippen MR) is 81.9 cm³/mol. The number of benzene rings is 2. The van der Waals surface area contributed by atoms with Gasteiger partial charge in [0.15, 0.2) is 0 Å². The third-order valence-electron chi connectivity index (χ3n) is 3.71. The molecule has 0 aliphatic rings. The first kappa shape index (κ1) is 11.7. The molecule has 0 fully saturated rings. The van der Waals surface area contributed by atoms with E-state index in [9.17, 15) is 4.79 Å². The Kier molecular flexibility index (Phi) is 2.35. The standard InChI is InChI=1S/C16H12N4O/c17-16(21)12-3-1-2-9-6-10(4-5-11(9)12)15-13-7-18-8-14(13)19-20-15/h1-8,18-19H,(H2,17,21). The zero-order valence-corrected chi connectivity index (χ0v) is 11.1. The van der Waals surface area contributed by atoms with E-state index in [-0.39, 0.29) is 0 Å². The number of H-pyrrole nitrogens is 2. The van der Waals surface area contributed by atoms with Gasteiger partial charge in [-0.3, -0.25) is 9.89 Å². The Morgan fingerprint density at radius 3 is 2.86 bits per heavy atom. The van der Waals surface area contributed by atoms with Crippen LogP contribution in [0.1, 0.15) is 10.4 Å². The molecule has 0 spiro atoms. The highest BCUT2D eigenvalue weighted by atomic mass is 16.1. The molecule has 0 aliphatic carbocycles. The van der Waals surface area contributed by atoms with E-state index in [4.69, 9.17) is 5.73 Å². The van der Waals surface area contributed by atoms with E-state index in [1.807, 2.05) is 42.7 Å². The van der Waals surface area contributed by atoms with E-state index in [0.29, 0.717) is 5.56 Å². The predicted octanol–water partition coefficient (Wildman–Crippen LogP) is 2.81. The van der Waals surface area contributed by atoms with E-state index in [0.717, 1.165) is 32.9 Å². The first-order chi connectivity index (χ1) is 10.2. The summed E-state index contributed by atoms with van der Waals surface area (Å²) in [6.07, 6.45) is 3.79. The summed E-state index contributed by atoms with van der Waals surface area (Å²) in [5.74, 6) is -0.416. The van der Waals surface area contributed by atoms with Gasteiger partial charge in [-0.05, 0) is 22.9 Å². The molecule has 0 saturated carbocycles. The lowest BCUT2D eigenvalue weighted by Gasteiger charge is -2.05. The number of nitrogens with one attached hydrogen (secondary N) is 2. The Morgan fingerprint density at radius 1 is 1.10 bits per heavy atom. The first-order valence-corrected chi connectivity index (χ1v) is 6.58. The lowest BCUT2D eigenvalue weighted by Crippen LogP contribution is -2.11. The molecule has 0 bridgehead atoms. The molecule has 0 atom stereocenters. The number of primary amides is 1. The van der Waals surface area contributed by atoms with Gasteiger partial charge in [0.1, 0.15) is 5.69 Å². The van der Waals surface area contributed by atoms with Crippen molar-refractivity contribution in [1.82, 2.24) is 15.2 Å². The van der Waals surface area contributed by atoms with E-state index in [2.05, 4.69) is 15.2 Å². The van der Waals surface area contributed by atoms with Gasteiger partial charge in [-0.15, -0.1) is 0 Å². The highest BCUT2D eigenvalue weighted by Gasteiger charge is 2.11.